The molecule has 7 heteroatoms. The van der Waals surface area contributed by atoms with Crippen molar-refractivity contribution in [1.29, 1.82) is 0 Å². The number of nitrogens with zero attached hydrogens (tertiary/aromatic N) is 2. The Morgan fingerprint density at radius 3 is 2.42 bits per heavy atom. The molecule has 0 saturated carbocycles. The monoisotopic (exact) mass is 396 g/mol. The van der Waals surface area contributed by atoms with Gasteiger partial charge in [0.05, 0.1) is 6.61 Å². The number of halogens is 1. The lowest BCUT2D eigenvalue weighted by atomic mass is 10.2. The molecule has 0 N–H and O–H groups in total. The molecule has 0 aromatic heterocycles. The summed E-state index contributed by atoms with van der Waals surface area (Å²) < 4.78 is 10.8. The van der Waals surface area contributed by atoms with Crippen LogP contribution in [0.5, 0.6) is 0 Å². The highest BCUT2D eigenvalue weighted by Crippen LogP contribution is 2.22. The van der Waals surface area contributed by atoms with Gasteiger partial charge in [-0.2, -0.15) is 0 Å². The molecule has 2 fully saturated rings. The summed E-state index contributed by atoms with van der Waals surface area (Å²) in [4.78, 5) is 28.2. The Labute approximate surface area is 149 Å². The van der Waals surface area contributed by atoms with Gasteiger partial charge in [-0.05, 0) is 12.0 Å². The van der Waals surface area contributed by atoms with Gasteiger partial charge in [-0.3, -0.25) is 4.79 Å². The molecule has 2 aliphatic heterocycles. The molecule has 6 nitrogen and oxygen atoms in total. The van der Waals surface area contributed by atoms with Gasteiger partial charge in [0, 0.05) is 31.0 Å². The summed E-state index contributed by atoms with van der Waals surface area (Å²) in [6, 6.07) is 9.59. The molecule has 2 amide bonds. The van der Waals surface area contributed by atoms with Crippen LogP contribution in [0.15, 0.2) is 30.3 Å². The Hall–Kier alpha value is -1.60. The predicted octanol–water partition coefficient (Wildman–Crippen LogP) is 2.02. The lowest BCUT2D eigenvalue weighted by Crippen LogP contribution is -2.52. The number of rotatable bonds is 3. The second-order valence-corrected chi connectivity index (χ2v) is 7.30. The Kier molecular flexibility index (Phi) is 5.73. The first-order valence-corrected chi connectivity index (χ1v) is 9.05. The van der Waals surface area contributed by atoms with Crippen molar-refractivity contribution in [3.8, 4) is 0 Å². The molecule has 24 heavy (non-hydrogen) atoms. The first kappa shape index (κ1) is 17.2. The van der Waals surface area contributed by atoms with Crippen LogP contribution in [-0.4, -0.2) is 65.5 Å². The highest BCUT2D eigenvalue weighted by atomic mass is 79.9. The molecule has 2 aliphatic rings. The summed E-state index contributed by atoms with van der Waals surface area (Å²) >= 11 is 3.47. The summed E-state index contributed by atoms with van der Waals surface area (Å²) in [6.45, 7) is 2.86. The summed E-state index contributed by atoms with van der Waals surface area (Å²) in [6.07, 6.45) is 0.0209. The number of benzene rings is 1. The number of carbonyl (C=O) groups is 2. The molecule has 2 heterocycles. The first-order chi connectivity index (χ1) is 11.6. The standard InChI is InChI=1S/C17H21BrN2O4/c18-14-10-15(23-12-14)16(21)19-6-8-20(9-7-19)17(22)24-11-13-4-2-1-3-5-13/h1-5,14-15H,6-12H2/t14-,15+/m0/s1. The van der Waals surface area contributed by atoms with Crippen LogP contribution < -0.4 is 0 Å². The number of hydrogen-bond acceptors (Lipinski definition) is 4. The summed E-state index contributed by atoms with van der Waals surface area (Å²) in [5.41, 5.74) is 0.961. The highest BCUT2D eigenvalue weighted by molar-refractivity contribution is 9.09. The fraction of sp³-hybridized carbons (Fsp3) is 0.529. The van der Waals surface area contributed by atoms with Crippen LogP contribution in [0, 0.1) is 0 Å². The van der Waals surface area contributed by atoms with E-state index in [1.807, 2.05) is 30.3 Å². The van der Waals surface area contributed by atoms with E-state index in [9.17, 15) is 9.59 Å². The van der Waals surface area contributed by atoms with E-state index in [1.165, 1.54) is 0 Å². The molecule has 0 radical (unpaired) electrons. The zero-order valence-corrected chi connectivity index (χ0v) is 15.0. The second-order valence-electron chi connectivity index (χ2n) is 6.01. The van der Waals surface area contributed by atoms with E-state index in [1.54, 1.807) is 9.80 Å². The van der Waals surface area contributed by atoms with E-state index in [2.05, 4.69) is 15.9 Å². The van der Waals surface area contributed by atoms with Crippen LogP contribution in [0.1, 0.15) is 12.0 Å². The van der Waals surface area contributed by atoms with Crippen molar-refractivity contribution < 1.29 is 19.1 Å². The summed E-state index contributed by atoms with van der Waals surface area (Å²) in [5.74, 6) is 0.0225. The van der Waals surface area contributed by atoms with E-state index in [0.717, 1.165) is 5.56 Å². The Morgan fingerprint density at radius 2 is 1.79 bits per heavy atom. The minimum Gasteiger partial charge on any atom is -0.445 e. The van der Waals surface area contributed by atoms with Crippen molar-refractivity contribution in [1.82, 2.24) is 9.80 Å². The van der Waals surface area contributed by atoms with Crippen LogP contribution in [0.2, 0.25) is 0 Å². The van der Waals surface area contributed by atoms with Gasteiger partial charge in [0.2, 0.25) is 0 Å². The van der Waals surface area contributed by atoms with Crippen molar-refractivity contribution >= 4 is 27.9 Å². The zero-order valence-electron chi connectivity index (χ0n) is 13.4. The SMILES string of the molecule is O=C(OCc1ccccc1)N1CCN(C(=O)[C@H]2C[C@H](Br)CO2)CC1. The van der Waals surface area contributed by atoms with Crippen molar-refractivity contribution in [3.63, 3.8) is 0 Å². The van der Waals surface area contributed by atoms with Crippen LogP contribution in [0.4, 0.5) is 4.79 Å². The number of amides is 2. The number of piperazine rings is 1. The first-order valence-electron chi connectivity index (χ1n) is 8.13. The molecule has 0 spiro atoms. The minimum atomic E-state index is -0.356. The average Bonchev–Trinajstić information content (AvgIpc) is 3.06. The molecule has 130 valence electrons. The third-order valence-electron chi connectivity index (χ3n) is 4.28. The van der Waals surface area contributed by atoms with Crippen LogP contribution >= 0.6 is 15.9 Å². The van der Waals surface area contributed by atoms with E-state index in [4.69, 9.17) is 9.47 Å². The molecular weight excluding hydrogens is 376 g/mol. The number of hydrogen-bond donors (Lipinski definition) is 0. The Balaban J connectivity index is 1.43. The van der Waals surface area contributed by atoms with Gasteiger partial charge < -0.3 is 19.3 Å². The fourth-order valence-electron chi connectivity index (χ4n) is 2.88. The van der Waals surface area contributed by atoms with E-state index in [-0.39, 0.29) is 29.5 Å². The van der Waals surface area contributed by atoms with Gasteiger partial charge in [-0.25, -0.2) is 4.79 Å². The molecule has 2 saturated heterocycles. The second kappa shape index (κ2) is 7.98. The van der Waals surface area contributed by atoms with Gasteiger partial charge in [0.1, 0.15) is 12.7 Å². The Bertz CT molecular complexity index is 575. The maximum Gasteiger partial charge on any atom is 0.410 e. The van der Waals surface area contributed by atoms with Gasteiger partial charge in [0.15, 0.2) is 0 Å². The molecule has 0 unspecified atom stereocenters. The molecule has 2 atom stereocenters. The topological polar surface area (TPSA) is 59.1 Å². The lowest BCUT2D eigenvalue weighted by Gasteiger charge is -2.35. The van der Waals surface area contributed by atoms with Gasteiger partial charge >= 0.3 is 6.09 Å². The maximum absolute atomic E-state index is 12.4. The number of ether oxygens (including phenoxy) is 2. The van der Waals surface area contributed by atoms with E-state index >= 15 is 0 Å². The van der Waals surface area contributed by atoms with E-state index in [0.29, 0.717) is 39.2 Å². The van der Waals surface area contributed by atoms with Gasteiger partial charge in [0.25, 0.3) is 5.91 Å². The average molecular weight is 397 g/mol. The summed E-state index contributed by atoms with van der Waals surface area (Å²) in [5, 5.41) is 0. The zero-order chi connectivity index (χ0) is 16.9. The molecular formula is C17H21BrN2O4. The van der Waals surface area contributed by atoms with Gasteiger partial charge in [-0.15, -0.1) is 0 Å². The normalized spacial score (nSPS) is 24.0. The molecule has 1 aromatic carbocycles. The third-order valence-corrected chi connectivity index (χ3v) is 4.92. The van der Waals surface area contributed by atoms with Crippen molar-refractivity contribution in [2.24, 2.45) is 0 Å². The highest BCUT2D eigenvalue weighted by Gasteiger charge is 2.34. The maximum atomic E-state index is 12.4. The number of alkyl halides is 1. The molecule has 3 rings (SSSR count). The van der Waals surface area contributed by atoms with Gasteiger partial charge in [-0.1, -0.05) is 46.3 Å². The van der Waals surface area contributed by atoms with Crippen LogP contribution in [-0.2, 0) is 20.9 Å². The van der Waals surface area contributed by atoms with Crippen LogP contribution in [0.3, 0.4) is 0 Å². The lowest BCUT2D eigenvalue weighted by molar-refractivity contribution is -0.142. The Morgan fingerprint density at radius 1 is 1.12 bits per heavy atom. The van der Waals surface area contributed by atoms with Crippen molar-refractivity contribution in [2.75, 3.05) is 32.8 Å². The predicted molar refractivity (Wildman–Crippen MR) is 91.9 cm³/mol. The molecule has 0 aliphatic carbocycles. The smallest absolute Gasteiger partial charge is 0.410 e. The molecule has 0 bridgehead atoms. The minimum absolute atomic E-state index is 0.0225. The fourth-order valence-corrected chi connectivity index (χ4v) is 3.38. The van der Waals surface area contributed by atoms with Crippen molar-refractivity contribution in [2.45, 2.75) is 24.0 Å². The molecule has 1 aromatic rings. The van der Waals surface area contributed by atoms with Crippen LogP contribution in [0.25, 0.3) is 0 Å². The van der Waals surface area contributed by atoms with E-state index < -0.39 is 0 Å². The quantitative estimate of drug-likeness (QED) is 0.733. The summed E-state index contributed by atoms with van der Waals surface area (Å²) in [7, 11) is 0. The number of carbonyl (C=O) groups excluding carboxylic acids is 2. The largest absolute Gasteiger partial charge is 0.445 e. The third kappa shape index (κ3) is 4.27. The van der Waals surface area contributed by atoms with Crippen molar-refractivity contribution in [3.05, 3.63) is 35.9 Å².